The molecule has 0 bridgehead atoms. The van der Waals surface area contributed by atoms with Gasteiger partial charge in [-0.15, -0.1) is 11.3 Å². The number of aromatic amines is 1. The molecule has 0 saturated heterocycles. The van der Waals surface area contributed by atoms with Crippen LogP contribution >= 0.6 is 11.3 Å². The van der Waals surface area contributed by atoms with Crippen molar-refractivity contribution in [2.75, 3.05) is 5.32 Å². The molecule has 134 valence electrons. The Morgan fingerprint density at radius 2 is 1.89 bits per heavy atom. The molecule has 0 unspecified atom stereocenters. The van der Waals surface area contributed by atoms with Gasteiger partial charge in [0.25, 0.3) is 0 Å². The van der Waals surface area contributed by atoms with Crippen molar-refractivity contribution in [3.05, 3.63) is 82.2 Å². The molecule has 2 aromatic heterocycles. The third-order valence-corrected chi connectivity index (χ3v) is 5.27. The summed E-state index contributed by atoms with van der Waals surface area (Å²) in [7, 11) is 0. The van der Waals surface area contributed by atoms with Crippen molar-refractivity contribution in [3.8, 4) is 0 Å². The molecule has 0 radical (unpaired) electrons. The number of aromatic nitrogens is 2. The van der Waals surface area contributed by atoms with Crippen LogP contribution in [0.2, 0.25) is 0 Å². The zero-order chi connectivity index (χ0) is 18.5. The van der Waals surface area contributed by atoms with E-state index in [0.717, 1.165) is 34.3 Å². The summed E-state index contributed by atoms with van der Waals surface area (Å²) in [5.41, 5.74) is 3.65. The van der Waals surface area contributed by atoms with Crippen molar-refractivity contribution in [2.45, 2.75) is 12.8 Å². The number of carbonyl (C=O) groups is 1. The van der Waals surface area contributed by atoms with E-state index >= 15 is 0 Å². The number of carbonyl (C=O) groups excluding carboxylic acids is 1. The number of aryl methyl sites for hydroxylation is 1. The van der Waals surface area contributed by atoms with E-state index in [0.29, 0.717) is 6.42 Å². The lowest BCUT2D eigenvalue weighted by Crippen LogP contribution is -2.12. The average molecular weight is 373 g/mol. The van der Waals surface area contributed by atoms with E-state index in [1.165, 1.54) is 4.88 Å². The molecule has 2 heterocycles. The lowest BCUT2D eigenvalue weighted by Gasteiger charge is -2.08. The molecular weight excluding hydrogens is 354 g/mol. The van der Waals surface area contributed by atoms with E-state index in [4.69, 9.17) is 0 Å². The monoisotopic (exact) mass is 373 g/mol. The summed E-state index contributed by atoms with van der Waals surface area (Å²) < 4.78 is 0. The molecule has 0 aliphatic rings. The van der Waals surface area contributed by atoms with E-state index in [2.05, 4.69) is 21.6 Å². The molecule has 2 aromatic carbocycles. The number of nitrogens with one attached hydrogen (secondary N) is 2. The summed E-state index contributed by atoms with van der Waals surface area (Å²) in [4.78, 5) is 13.5. The Balaban J connectivity index is 1.48. The van der Waals surface area contributed by atoms with Crippen LogP contribution < -0.4 is 5.32 Å². The Labute approximate surface area is 161 Å². The quantitative estimate of drug-likeness (QED) is 0.478. The van der Waals surface area contributed by atoms with Gasteiger partial charge in [0.1, 0.15) is 0 Å². The topological polar surface area (TPSA) is 57.8 Å². The van der Waals surface area contributed by atoms with Gasteiger partial charge >= 0.3 is 0 Å². The zero-order valence-electron chi connectivity index (χ0n) is 14.7. The van der Waals surface area contributed by atoms with Gasteiger partial charge in [-0.05, 0) is 41.6 Å². The van der Waals surface area contributed by atoms with Crippen molar-refractivity contribution in [3.63, 3.8) is 0 Å². The van der Waals surface area contributed by atoms with Gasteiger partial charge in [0, 0.05) is 22.4 Å². The number of hydrogen-bond acceptors (Lipinski definition) is 3. The molecule has 5 heteroatoms. The van der Waals surface area contributed by atoms with Crippen LogP contribution in [-0.4, -0.2) is 16.1 Å². The lowest BCUT2D eigenvalue weighted by atomic mass is 10.1. The molecule has 0 spiro atoms. The summed E-state index contributed by atoms with van der Waals surface area (Å²) in [6.07, 6.45) is 5.19. The van der Waals surface area contributed by atoms with Gasteiger partial charge in [0.15, 0.2) is 0 Å². The van der Waals surface area contributed by atoms with E-state index in [1.54, 1.807) is 11.3 Å². The van der Waals surface area contributed by atoms with Crippen LogP contribution in [0.25, 0.3) is 23.1 Å². The number of fused-ring (bicyclic) bond motifs is 1. The molecule has 0 aliphatic carbocycles. The summed E-state index contributed by atoms with van der Waals surface area (Å²) >= 11 is 1.68. The van der Waals surface area contributed by atoms with E-state index < -0.39 is 0 Å². The predicted molar refractivity (Wildman–Crippen MR) is 113 cm³/mol. The number of nitrogens with zero attached hydrogens (tertiary/aromatic N) is 1. The third-order valence-electron chi connectivity index (χ3n) is 4.33. The van der Waals surface area contributed by atoms with Crippen molar-refractivity contribution in [1.29, 1.82) is 0 Å². The number of anilines is 1. The summed E-state index contributed by atoms with van der Waals surface area (Å²) in [5.74, 6) is 0.0227. The number of amides is 1. The van der Waals surface area contributed by atoms with Gasteiger partial charge in [0.2, 0.25) is 5.91 Å². The van der Waals surface area contributed by atoms with Crippen LogP contribution in [0.5, 0.6) is 0 Å². The van der Waals surface area contributed by atoms with Crippen LogP contribution in [0, 0.1) is 0 Å². The van der Waals surface area contributed by atoms with Crippen LogP contribution in [0.4, 0.5) is 5.69 Å². The Kier molecular flexibility index (Phi) is 5.12. The molecule has 0 atom stereocenters. The number of rotatable bonds is 6. The predicted octanol–water partition coefficient (Wildman–Crippen LogP) is 5.37. The van der Waals surface area contributed by atoms with Crippen molar-refractivity contribution >= 4 is 46.0 Å². The lowest BCUT2D eigenvalue weighted by molar-refractivity contribution is -0.116. The normalized spacial score (nSPS) is 11.3. The summed E-state index contributed by atoms with van der Waals surface area (Å²) in [6.45, 7) is 0. The number of H-pyrrole nitrogens is 1. The summed E-state index contributed by atoms with van der Waals surface area (Å²) in [6, 6.07) is 19.9. The van der Waals surface area contributed by atoms with Gasteiger partial charge in [-0.25, -0.2) is 0 Å². The van der Waals surface area contributed by atoms with Crippen LogP contribution in [0.15, 0.2) is 66.0 Å². The van der Waals surface area contributed by atoms with Crippen LogP contribution in [0.3, 0.4) is 0 Å². The second-order valence-corrected chi connectivity index (χ2v) is 7.23. The molecule has 4 rings (SSSR count). The minimum absolute atomic E-state index is 0.0227. The Morgan fingerprint density at radius 3 is 2.78 bits per heavy atom. The number of benzene rings is 2. The second kappa shape index (κ2) is 8.01. The molecule has 0 aliphatic heterocycles. The van der Waals surface area contributed by atoms with Crippen LogP contribution in [0.1, 0.15) is 22.6 Å². The van der Waals surface area contributed by atoms with E-state index in [1.807, 2.05) is 72.1 Å². The highest BCUT2D eigenvalue weighted by Gasteiger charge is 2.07. The zero-order valence-corrected chi connectivity index (χ0v) is 15.5. The minimum Gasteiger partial charge on any atom is -0.326 e. The Bertz CT molecular complexity index is 1080. The van der Waals surface area contributed by atoms with E-state index in [9.17, 15) is 4.79 Å². The fourth-order valence-electron chi connectivity index (χ4n) is 2.94. The number of hydrogen-bond donors (Lipinski definition) is 2. The second-order valence-electron chi connectivity index (χ2n) is 6.20. The first-order chi connectivity index (χ1) is 13.3. The molecule has 0 fully saturated rings. The highest BCUT2D eigenvalue weighted by Crippen LogP contribution is 2.21. The maximum absolute atomic E-state index is 12.3. The van der Waals surface area contributed by atoms with Crippen molar-refractivity contribution in [1.82, 2.24) is 10.2 Å². The fourth-order valence-corrected chi connectivity index (χ4v) is 3.65. The van der Waals surface area contributed by atoms with Crippen LogP contribution in [-0.2, 0) is 11.2 Å². The minimum atomic E-state index is 0.0227. The fraction of sp³-hybridized carbons (Fsp3) is 0.0909. The Morgan fingerprint density at radius 1 is 1.04 bits per heavy atom. The molecule has 27 heavy (non-hydrogen) atoms. The van der Waals surface area contributed by atoms with Crippen molar-refractivity contribution in [2.24, 2.45) is 0 Å². The molecule has 1 amide bonds. The molecule has 4 nitrogen and oxygen atoms in total. The third kappa shape index (κ3) is 4.15. The molecule has 0 saturated carbocycles. The number of thiophene rings is 1. The highest BCUT2D eigenvalue weighted by atomic mass is 32.1. The van der Waals surface area contributed by atoms with Gasteiger partial charge in [0.05, 0.1) is 11.2 Å². The molecule has 4 aromatic rings. The van der Waals surface area contributed by atoms with Gasteiger partial charge in [-0.2, -0.15) is 5.10 Å². The standard InChI is InChI=1S/C22H19N3OS/c26-22(14-12-17-7-5-15-27-17)23-19-9-3-1-6-16(19)11-13-21-18-8-2-4-10-20(18)24-25-21/h1-11,13,15H,12,14H2,(H,23,26)(H,24,25). The SMILES string of the molecule is O=C(CCc1cccs1)Nc1ccccc1C=Cc1n[nH]c2ccccc12. The van der Waals surface area contributed by atoms with Gasteiger partial charge in [-0.1, -0.05) is 48.5 Å². The summed E-state index contributed by atoms with van der Waals surface area (Å²) in [5, 5.41) is 13.5. The largest absolute Gasteiger partial charge is 0.326 e. The molecule has 2 N–H and O–H groups in total. The first-order valence-electron chi connectivity index (χ1n) is 8.82. The highest BCUT2D eigenvalue weighted by molar-refractivity contribution is 7.09. The van der Waals surface area contributed by atoms with E-state index in [-0.39, 0.29) is 5.91 Å². The first kappa shape index (κ1) is 17.2. The Hall–Kier alpha value is -3.18. The van der Waals surface area contributed by atoms with Crippen molar-refractivity contribution < 1.29 is 4.79 Å². The van der Waals surface area contributed by atoms with Gasteiger partial charge < -0.3 is 5.32 Å². The van der Waals surface area contributed by atoms with Gasteiger partial charge in [-0.3, -0.25) is 9.89 Å². The smallest absolute Gasteiger partial charge is 0.224 e. The maximum atomic E-state index is 12.3. The first-order valence-corrected chi connectivity index (χ1v) is 9.70. The molecular formula is C22H19N3OS. The number of para-hydroxylation sites is 2. The maximum Gasteiger partial charge on any atom is 0.224 e. The average Bonchev–Trinajstić information content (AvgIpc) is 3.36.